The monoisotopic (exact) mass is 277 g/mol. The molecule has 2 aromatic heterocycles. The molecule has 1 aliphatic heterocycles. The summed E-state index contributed by atoms with van der Waals surface area (Å²) >= 11 is 1.15. The molecule has 3 N–H and O–H groups in total. The zero-order valence-electron chi connectivity index (χ0n) is 10.4. The van der Waals surface area contributed by atoms with E-state index in [2.05, 4.69) is 9.88 Å². The smallest absolute Gasteiger partial charge is 0.348 e. The molecule has 0 aliphatic carbocycles. The van der Waals surface area contributed by atoms with E-state index in [1.165, 1.54) is 19.3 Å². The minimum Gasteiger partial charge on any atom is -0.477 e. The van der Waals surface area contributed by atoms with Crippen molar-refractivity contribution in [3.63, 3.8) is 0 Å². The van der Waals surface area contributed by atoms with Gasteiger partial charge in [-0.3, -0.25) is 0 Å². The highest BCUT2D eigenvalue weighted by atomic mass is 32.1. The van der Waals surface area contributed by atoms with Gasteiger partial charge in [0.05, 0.1) is 16.8 Å². The Balaban J connectivity index is 2.16. The number of carboxylic acid groups (broad SMARTS) is 1. The van der Waals surface area contributed by atoms with Crippen LogP contribution in [0.1, 0.15) is 28.9 Å². The fourth-order valence-corrected chi connectivity index (χ4v) is 3.51. The summed E-state index contributed by atoms with van der Waals surface area (Å²) in [6.45, 7) is 1.99. The second-order valence-electron chi connectivity index (χ2n) is 4.71. The second-order valence-corrected chi connectivity index (χ2v) is 5.71. The number of piperidine rings is 1. The number of pyridine rings is 1. The Kier molecular flexibility index (Phi) is 3.02. The SMILES string of the molecule is Nc1c(C(=O)O)sc2nccc(N3CCCCC3)c12. The van der Waals surface area contributed by atoms with Gasteiger partial charge in [0.1, 0.15) is 9.71 Å². The van der Waals surface area contributed by atoms with E-state index in [0.29, 0.717) is 10.5 Å². The largest absolute Gasteiger partial charge is 0.477 e. The van der Waals surface area contributed by atoms with Crippen molar-refractivity contribution < 1.29 is 9.90 Å². The Morgan fingerprint density at radius 2 is 2.11 bits per heavy atom. The Bertz CT molecular complexity index is 632. The summed E-state index contributed by atoms with van der Waals surface area (Å²) in [5.41, 5.74) is 7.38. The highest BCUT2D eigenvalue weighted by molar-refractivity contribution is 7.21. The number of rotatable bonds is 2. The first-order valence-corrected chi connectivity index (χ1v) is 7.15. The summed E-state index contributed by atoms with van der Waals surface area (Å²) in [5, 5.41) is 9.95. The quantitative estimate of drug-likeness (QED) is 0.882. The summed E-state index contributed by atoms with van der Waals surface area (Å²) in [4.78, 5) is 18.6. The molecule has 1 saturated heterocycles. The highest BCUT2D eigenvalue weighted by Crippen LogP contribution is 2.39. The van der Waals surface area contributed by atoms with Crippen LogP contribution in [0.5, 0.6) is 0 Å². The molecule has 100 valence electrons. The molecule has 0 spiro atoms. The van der Waals surface area contributed by atoms with Gasteiger partial charge >= 0.3 is 5.97 Å². The van der Waals surface area contributed by atoms with Crippen LogP contribution in [0.3, 0.4) is 0 Å². The number of fused-ring (bicyclic) bond motifs is 1. The molecule has 6 heteroatoms. The summed E-state index contributed by atoms with van der Waals surface area (Å²) < 4.78 is 0. The lowest BCUT2D eigenvalue weighted by atomic mass is 10.1. The molecule has 3 rings (SSSR count). The number of carboxylic acids is 1. The minimum atomic E-state index is -0.981. The van der Waals surface area contributed by atoms with Crippen LogP contribution in [-0.2, 0) is 0 Å². The van der Waals surface area contributed by atoms with E-state index in [1.807, 2.05) is 6.07 Å². The first kappa shape index (κ1) is 12.2. The number of aromatic nitrogens is 1. The summed E-state index contributed by atoms with van der Waals surface area (Å²) in [6, 6.07) is 1.93. The second kappa shape index (κ2) is 4.70. The normalized spacial score (nSPS) is 15.9. The minimum absolute atomic E-state index is 0.187. The van der Waals surface area contributed by atoms with Gasteiger partial charge in [-0.25, -0.2) is 9.78 Å². The van der Waals surface area contributed by atoms with Crippen LogP contribution < -0.4 is 10.6 Å². The average molecular weight is 277 g/mol. The van der Waals surface area contributed by atoms with Crippen molar-refractivity contribution in [3.05, 3.63) is 17.1 Å². The van der Waals surface area contributed by atoms with Crippen molar-refractivity contribution >= 4 is 38.9 Å². The van der Waals surface area contributed by atoms with E-state index in [-0.39, 0.29) is 4.88 Å². The van der Waals surface area contributed by atoms with Gasteiger partial charge in [-0.05, 0) is 25.3 Å². The number of nitrogens with two attached hydrogens (primary N) is 1. The topological polar surface area (TPSA) is 79.5 Å². The predicted molar refractivity (Wildman–Crippen MR) is 77.1 cm³/mol. The van der Waals surface area contributed by atoms with Crippen LogP contribution in [-0.4, -0.2) is 29.1 Å². The molecule has 0 amide bonds. The zero-order valence-corrected chi connectivity index (χ0v) is 11.2. The van der Waals surface area contributed by atoms with Crippen LogP contribution in [0, 0.1) is 0 Å². The molecule has 2 aromatic rings. The molecule has 19 heavy (non-hydrogen) atoms. The molecular weight excluding hydrogens is 262 g/mol. The fraction of sp³-hybridized carbons (Fsp3) is 0.385. The lowest BCUT2D eigenvalue weighted by Gasteiger charge is -2.29. The van der Waals surface area contributed by atoms with E-state index in [0.717, 1.165) is 35.5 Å². The van der Waals surface area contributed by atoms with Crippen LogP contribution >= 0.6 is 11.3 Å². The molecule has 5 nitrogen and oxygen atoms in total. The van der Waals surface area contributed by atoms with Crippen molar-refractivity contribution in [2.75, 3.05) is 23.7 Å². The number of thiophene rings is 1. The van der Waals surface area contributed by atoms with E-state index in [1.54, 1.807) is 6.20 Å². The number of anilines is 2. The van der Waals surface area contributed by atoms with Crippen molar-refractivity contribution in [1.82, 2.24) is 4.98 Å². The third-order valence-electron chi connectivity index (χ3n) is 3.50. The molecular formula is C13H15N3O2S. The van der Waals surface area contributed by atoms with Crippen LogP contribution in [0.15, 0.2) is 12.3 Å². The lowest BCUT2D eigenvalue weighted by Crippen LogP contribution is -2.29. The van der Waals surface area contributed by atoms with Gasteiger partial charge < -0.3 is 15.7 Å². The van der Waals surface area contributed by atoms with Crippen LogP contribution in [0.2, 0.25) is 0 Å². The van der Waals surface area contributed by atoms with E-state index >= 15 is 0 Å². The van der Waals surface area contributed by atoms with Gasteiger partial charge in [0.25, 0.3) is 0 Å². The van der Waals surface area contributed by atoms with E-state index < -0.39 is 5.97 Å². The standard InChI is InChI=1S/C13H15N3O2S/c14-10-9-8(16-6-2-1-3-7-16)4-5-15-12(9)19-11(10)13(17)18/h4-5H,1-3,6-7,14H2,(H,17,18). The van der Waals surface area contributed by atoms with Gasteiger partial charge in [-0.2, -0.15) is 0 Å². The van der Waals surface area contributed by atoms with Crippen LogP contribution in [0.25, 0.3) is 10.2 Å². The molecule has 0 atom stereocenters. The number of nitrogens with zero attached hydrogens (tertiary/aromatic N) is 2. The molecule has 0 saturated carbocycles. The summed E-state index contributed by atoms with van der Waals surface area (Å²) in [6.07, 6.45) is 5.32. The summed E-state index contributed by atoms with van der Waals surface area (Å²) in [5.74, 6) is -0.981. The van der Waals surface area contributed by atoms with Crippen molar-refractivity contribution in [2.24, 2.45) is 0 Å². The number of aromatic carboxylic acids is 1. The highest BCUT2D eigenvalue weighted by Gasteiger charge is 2.21. The predicted octanol–water partition coefficient (Wildman–Crippen LogP) is 2.57. The molecule has 1 aliphatic rings. The fourth-order valence-electron chi connectivity index (χ4n) is 2.59. The number of nitrogen functional groups attached to an aromatic ring is 1. The first-order valence-electron chi connectivity index (χ1n) is 6.33. The van der Waals surface area contributed by atoms with E-state index in [9.17, 15) is 4.79 Å². The molecule has 0 aromatic carbocycles. The molecule has 0 unspecified atom stereocenters. The maximum Gasteiger partial charge on any atom is 0.348 e. The van der Waals surface area contributed by atoms with Crippen molar-refractivity contribution in [2.45, 2.75) is 19.3 Å². The van der Waals surface area contributed by atoms with Crippen LogP contribution in [0.4, 0.5) is 11.4 Å². The van der Waals surface area contributed by atoms with Gasteiger partial charge in [-0.1, -0.05) is 0 Å². The lowest BCUT2D eigenvalue weighted by molar-refractivity contribution is 0.0703. The molecule has 0 bridgehead atoms. The number of hydrogen-bond acceptors (Lipinski definition) is 5. The average Bonchev–Trinajstić information content (AvgIpc) is 2.78. The van der Waals surface area contributed by atoms with Gasteiger partial charge in [0.2, 0.25) is 0 Å². The van der Waals surface area contributed by atoms with Crippen molar-refractivity contribution in [3.8, 4) is 0 Å². The van der Waals surface area contributed by atoms with Gasteiger partial charge in [-0.15, -0.1) is 11.3 Å². The first-order chi connectivity index (χ1) is 9.18. The maximum atomic E-state index is 11.2. The summed E-state index contributed by atoms with van der Waals surface area (Å²) in [7, 11) is 0. The molecule has 0 radical (unpaired) electrons. The molecule has 1 fully saturated rings. The third kappa shape index (κ3) is 2.02. The third-order valence-corrected chi connectivity index (χ3v) is 4.60. The Hall–Kier alpha value is -1.82. The number of hydrogen-bond donors (Lipinski definition) is 2. The maximum absolute atomic E-state index is 11.2. The van der Waals surface area contributed by atoms with Gasteiger partial charge in [0.15, 0.2) is 0 Å². The molecule has 3 heterocycles. The Labute approximate surface area is 114 Å². The van der Waals surface area contributed by atoms with Crippen molar-refractivity contribution in [1.29, 1.82) is 0 Å². The zero-order chi connectivity index (χ0) is 13.4. The Morgan fingerprint density at radius 1 is 1.37 bits per heavy atom. The van der Waals surface area contributed by atoms with Gasteiger partial charge in [0, 0.05) is 19.3 Å². The van der Waals surface area contributed by atoms with E-state index in [4.69, 9.17) is 10.8 Å². The number of carbonyl (C=O) groups is 1. The Morgan fingerprint density at radius 3 is 2.79 bits per heavy atom.